The lowest BCUT2D eigenvalue weighted by atomic mass is 9.72. The van der Waals surface area contributed by atoms with E-state index in [-0.39, 0.29) is 51.1 Å². The molecule has 7 N–H and O–H groups in total. The number of carbonyl (C=O) groups excluding carboxylic acids is 3. The molecule has 1 aliphatic rings. The molecule has 0 spiro atoms. The third kappa shape index (κ3) is 7.12. The number of aliphatic hydroxyl groups is 2. The van der Waals surface area contributed by atoms with Crippen molar-refractivity contribution in [3.05, 3.63) is 28.8 Å². The Kier molecular flexibility index (Phi) is 11.5. The molecule has 2 rings (SSSR count). The van der Waals surface area contributed by atoms with E-state index in [1.165, 1.54) is 0 Å². The normalized spacial score (nSPS) is 17.2. The van der Waals surface area contributed by atoms with Crippen LogP contribution in [-0.2, 0) is 22.4 Å². The van der Waals surface area contributed by atoms with Crippen molar-refractivity contribution in [2.75, 3.05) is 13.2 Å². The van der Waals surface area contributed by atoms with E-state index in [9.17, 15) is 29.7 Å². The van der Waals surface area contributed by atoms with Gasteiger partial charge in [0, 0.05) is 21.8 Å². The standard InChI is InChI=1S/C24H35NO6.H2O.2H2/c1-2-3-4-5-16-6-7-20(28)24-18(16)11-15(12-22(24)30)10-17(8-9-26)19(14-27)21(29)13-23(25)31;;;/h6-7,15,17,19,26-28H,2-5,8-14H2,1H3,(H2,25,31);1H2;2*1H. The Hall–Kier alpha value is -2.29. The van der Waals surface area contributed by atoms with E-state index in [1.54, 1.807) is 6.07 Å². The van der Waals surface area contributed by atoms with E-state index >= 15 is 0 Å². The van der Waals surface area contributed by atoms with Crippen LogP contribution in [0.1, 0.15) is 76.2 Å². The predicted molar refractivity (Wildman–Crippen MR) is 125 cm³/mol. The van der Waals surface area contributed by atoms with Crippen LogP contribution in [0.3, 0.4) is 0 Å². The first-order valence-electron chi connectivity index (χ1n) is 11.2. The Labute approximate surface area is 192 Å². The van der Waals surface area contributed by atoms with Gasteiger partial charge in [0.15, 0.2) is 5.78 Å². The molecule has 0 radical (unpaired) electrons. The Bertz CT molecular complexity index is 804. The number of aryl methyl sites for hydroxylation is 1. The summed E-state index contributed by atoms with van der Waals surface area (Å²) in [6.07, 6.45) is 5.17. The molecule has 32 heavy (non-hydrogen) atoms. The fourth-order valence-corrected chi connectivity index (χ4v) is 4.81. The molecule has 0 aromatic heterocycles. The molecule has 0 aliphatic heterocycles. The smallest absolute Gasteiger partial charge is 0.224 e. The van der Waals surface area contributed by atoms with Gasteiger partial charge in [-0.05, 0) is 61.1 Å². The fourth-order valence-electron chi connectivity index (χ4n) is 4.81. The van der Waals surface area contributed by atoms with E-state index in [4.69, 9.17) is 5.73 Å². The minimum Gasteiger partial charge on any atom is -0.507 e. The summed E-state index contributed by atoms with van der Waals surface area (Å²) in [5, 5.41) is 29.6. The number of unbranched alkanes of at least 4 members (excludes halogenated alkanes) is 2. The molecule has 0 heterocycles. The molecule has 0 saturated carbocycles. The average Bonchev–Trinajstić information content (AvgIpc) is 2.69. The molecule has 8 nitrogen and oxygen atoms in total. The first-order valence-corrected chi connectivity index (χ1v) is 11.2. The molecule has 8 heteroatoms. The van der Waals surface area contributed by atoms with Gasteiger partial charge in [0.05, 0.1) is 18.6 Å². The highest BCUT2D eigenvalue weighted by atomic mass is 16.3. The summed E-state index contributed by atoms with van der Waals surface area (Å²) in [7, 11) is 0. The first-order chi connectivity index (χ1) is 14.8. The summed E-state index contributed by atoms with van der Waals surface area (Å²) in [6.45, 7) is 1.53. The third-order valence-corrected chi connectivity index (χ3v) is 6.35. The Balaban J connectivity index is 0. The number of phenols is 1. The van der Waals surface area contributed by atoms with E-state index in [0.717, 1.165) is 36.8 Å². The SMILES string of the molecule is CCCCCc1ccc(O)c2c1CC(CC(CCO)C(CO)C(=O)CC(N)=O)CC2=O.O.[HH].[HH]. The number of carbonyl (C=O) groups is 3. The summed E-state index contributed by atoms with van der Waals surface area (Å²) < 4.78 is 0. The van der Waals surface area contributed by atoms with Crippen molar-refractivity contribution in [1.82, 2.24) is 0 Å². The van der Waals surface area contributed by atoms with E-state index in [1.807, 2.05) is 6.07 Å². The molecule has 3 atom stereocenters. The third-order valence-electron chi connectivity index (χ3n) is 6.35. The maximum Gasteiger partial charge on any atom is 0.224 e. The van der Waals surface area contributed by atoms with Crippen LogP contribution in [0.25, 0.3) is 0 Å². The van der Waals surface area contributed by atoms with Crippen LogP contribution in [0.2, 0.25) is 0 Å². The second-order valence-corrected chi connectivity index (χ2v) is 8.66. The topological polar surface area (TPSA) is 169 Å². The number of rotatable bonds is 13. The van der Waals surface area contributed by atoms with Crippen LogP contribution >= 0.6 is 0 Å². The fraction of sp³-hybridized carbons (Fsp3) is 0.625. The molecule has 1 aromatic carbocycles. The molecular formula is C24H41NO7. The maximum atomic E-state index is 12.9. The molecule has 1 amide bonds. The molecule has 0 bridgehead atoms. The van der Waals surface area contributed by atoms with E-state index < -0.39 is 30.6 Å². The summed E-state index contributed by atoms with van der Waals surface area (Å²) in [4.78, 5) is 36.4. The maximum absolute atomic E-state index is 12.9. The number of phenolic OH excluding ortho intramolecular Hbond substituents is 1. The second kappa shape index (κ2) is 13.3. The van der Waals surface area contributed by atoms with Crippen molar-refractivity contribution < 1.29 is 38.0 Å². The number of fused-ring (bicyclic) bond motifs is 1. The van der Waals surface area contributed by atoms with Crippen LogP contribution in [0.5, 0.6) is 5.75 Å². The summed E-state index contributed by atoms with van der Waals surface area (Å²) in [5.74, 6) is -2.53. The lowest BCUT2D eigenvalue weighted by molar-refractivity contribution is -0.131. The number of primary amides is 1. The van der Waals surface area contributed by atoms with Crippen molar-refractivity contribution in [2.45, 2.75) is 64.7 Å². The van der Waals surface area contributed by atoms with Crippen LogP contribution in [0.4, 0.5) is 0 Å². The van der Waals surface area contributed by atoms with Gasteiger partial charge < -0.3 is 26.5 Å². The molecule has 1 aliphatic carbocycles. The Morgan fingerprint density at radius 3 is 2.53 bits per heavy atom. The Morgan fingerprint density at radius 2 is 1.94 bits per heavy atom. The zero-order valence-corrected chi connectivity index (χ0v) is 18.8. The number of ketones is 2. The van der Waals surface area contributed by atoms with Crippen molar-refractivity contribution >= 4 is 17.5 Å². The number of aliphatic hydroxyl groups excluding tert-OH is 2. The molecule has 184 valence electrons. The number of hydrogen-bond donors (Lipinski definition) is 4. The highest BCUT2D eigenvalue weighted by Crippen LogP contribution is 2.38. The van der Waals surface area contributed by atoms with Crippen molar-refractivity contribution in [2.24, 2.45) is 23.5 Å². The molecular weight excluding hydrogens is 414 g/mol. The van der Waals surface area contributed by atoms with Crippen LogP contribution in [0.15, 0.2) is 12.1 Å². The Morgan fingerprint density at radius 1 is 1.22 bits per heavy atom. The summed E-state index contributed by atoms with van der Waals surface area (Å²) in [5.41, 5.74) is 7.50. The number of amides is 1. The van der Waals surface area contributed by atoms with Gasteiger partial charge >= 0.3 is 0 Å². The van der Waals surface area contributed by atoms with E-state index in [2.05, 4.69) is 6.92 Å². The van der Waals surface area contributed by atoms with Crippen LogP contribution < -0.4 is 5.73 Å². The minimum atomic E-state index is -0.802. The van der Waals surface area contributed by atoms with E-state index in [0.29, 0.717) is 18.4 Å². The summed E-state index contributed by atoms with van der Waals surface area (Å²) >= 11 is 0. The number of hydrogen-bond acceptors (Lipinski definition) is 6. The number of aromatic hydroxyl groups is 1. The van der Waals surface area contributed by atoms with Crippen molar-refractivity contribution in [1.29, 1.82) is 0 Å². The minimum absolute atomic E-state index is 0. The van der Waals surface area contributed by atoms with Gasteiger partial charge in [0.25, 0.3) is 0 Å². The van der Waals surface area contributed by atoms with Crippen LogP contribution in [-0.4, -0.2) is 51.5 Å². The molecule has 0 fully saturated rings. The average molecular weight is 456 g/mol. The lowest BCUT2D eigenvalue weighted by Crippen LogP contribution is -2.33. The first kappa shape index (κ1) is 27.7. The highest BCUT2D eigenvalue weighted by Gasteiger charge is 2.34. The van der Waals surface area contributed by atoms with Gasteiger partial charge in [-0.3, -0.25) is 14.4 Å². The van der Waals surface area contributed by atoms with Gasteiger partial charge in [-0.25, -0.2) is 0 Å². The predicted octanol–water partition coefficient (Wildman–Crippen LogP) is 1.98. The van der Waals surface area contributed by atoms with Gasteiger partial charge in [-0.15, -0.1) is 0 Å². The van der Waals surface area contributed by atoms with Gasteiger partial charge in [0.1, 0.15) is 11.5 Å². The number of nitrogens with two attached hydrogens (primary N) is 1. The second-order valence-electron chi connectivity index (χ2n) is 8.66. The van der Waals surface area contributed by atoms with Gasteiger partial charge in [-0.2, -0.15) is 0 Å². The number of benzene rings is 1. The van der Waals surface area contributed by atoms with Crippen molar-refractivity contribution in [3.8, 4) is 5.75 Å². The lowest BCUT2D eigenvalue weighted by Gasteiger charge is -2.31. The molecule has 1 aromatic rings. The zero-order valence-electron chi connectivity index (χ0n) is 18.8. The number of Topliss-reactive ketones (excluding diaryl/α,β-unsaturated/α-hetero) is 2. The monoisotopic (exact) mass is 455 g/mol. The molecule has 3 unspecified atom stereocenters. The largest absolute Gasteiger partial charge is 0.507 e. The van der Waals surface area contributed by atoms with Gasteiger partial charge in [0.2, 0.25) is 5.91 Å². The van der Waals surface area contributed by atoms with Crippen molar-refractivity contribution in [3.63, 3.8) is 0 Å². The molecule has 0 saturated heterocycles. The van der Waals surface area contributed by atoms with Crippen LogP contribution in [0, 0.1) is 17.8 Å². The highest BCUT2D eigenvalue weighted by molar-refractivity contribution is 6.01. The summed E-state index contributed by atoms with van der Waals surface area (Å²) in [6, 6.07) is 3.48. The quantitative estimate of drug-likeness (QED) is 0.262. The van der Waals surface area contributed by atoms with Gasteiger partial charge in [-0.1, -0.05) is 25.8 Å². The zero-order chi connectivity index (χ0) is 23.0.